The van der Waals surface area contributed by atoms with Gasteiger partial charge < -0.3 is 10.1 Å². The summed E-state index contributed by atoms with van der Waals surface area (Å²) in [6.45, 7) is 2.88. The van der Waals surface area contributed by atoms with Crippen LogP contribution in [0.3, 0.4) is 0 Å². The molecule has 1 saturated carbocycles. The van der Waals surface area contributed by atoms with E-state index in [1.165, 1.54) is 19.3 Å². The second kappa shape index (κ2) is 5.12. The smallest absolute Gasteiger partial charge is 0.226 e. The van der Waals surface area contributed by atoms with E-state index in [9.17, 15) is 0 Å². The lowest BCUT2D eigenvalue weighted by atomic mass is 9.84. The molecule has 5 heteroatoms. The first kappa shape index (κ1) is 12.5. The molecule has 0 atom stereocenters. The molecule has 0 aromatic carbocycles. The largest absolute Gasteiger partial charge is 0.481 e. The van der Waals surface area contributed by atoms with E-state index in [0.717, 1.165) is 12.2 Å². The van der Waals surface area contributed by atoms with Gasteiger partial charge in [0.1, 0.15) is 0 Å². The molecule has 0 radical (unpaired) electrons. The zero-order valence-corrected chi connectivity index (χ0v) is 11.4. The highest BCUT2D eigenvalue weighted by atomic mass is 32.2. The highest BCUT2D eigenvalue weighted by molar-refractivity contribution is 8.00. The third kappa shape index (κ3) is 2.83. The van der Waals surface area contributed by atoms with Gasteiger partial charge in [-0.3, -0.25) is 0 Å². The predicted octanol–water partition coefficient (Wildman–Crippen LogP) is 2.49. The third-order valence-corrected chi connectivity index (χ3v) is 4.72. The highest BCUT2D eigenvalue weighted by Crippen LogP contribution is 2.42. The summed E-state index contributed by atoms with van der Waals surface area (Å²) < 4.78 is 5.53. The fraction of sp³-hybridized carbons (Fsp3) is 0.667. The highest BCUT2D eigenvalue weighted by Gasteiger charge is 2.35. The first-order valence-electron chi connectivity index (χ1n) is 5.86. The van der Waals surface area contributed by atoms with Crippen molar-refractivity contribution in [3.63, 3.8) is 0 Å². The maximum Gasteiger partial charge on any atom is 0.226 e. The number of rotatable bonds is 5. The molecule has 0 amide bonds. The fourth-order valence-electron chi connectivity index (χ4n) is 1.99. The Morgan fingerprint density at radius 2 is 2.24 bits per heavy atom. The number of ether oxygens (including phenoxy) is 1. The number of nitrogens with one attached hydrogen (secondary N) is 1. The van der Waals surface area contributed by atoms with Crippen LogP contribution in [0.1, 0.15) is 25.0 Å². The lowest BCUT2D eigenvalue weighted by molar-refractivity contribution is 0.378. The third-order valence-electron chi connectivity index (χ3n) is 3.31. The molecular weight excluding hydrogens is 234 g/mol. The number of anilines is 1. The summed E-state index contributed by atoms with van der Waals surface area (Å²) in [6.07, 6.45) is 6.08. The van der Waals surface area contributed by atoms with Crippen molar-refractivity contribution in [2.24, 2.45) is 0 Å². The predicted molar refractivity (Wildman–Crippen MR) is 71.9 cm³/mol. The molecule has 0 aliphatic heterocycles. The molecule has 1 aromatic rings. The standard InChI is InChI=1S/C12H19N3OS/c1-9-7-10(16-2)15-11(14-9)13-8-12(17-3)5-4-6-12/h7H,4-6,8H2,1-3H3,(H,13,14,15). The number of hydrogen-bond donors (Lipinski definition) is 1. The minimum Gasteiger partial charge on any atom is -0.481 e. The molecule has 1 heterocycles. The van der Waals surface area contributed by atoms with E-state index < -0.39 is 0 Å². The van der Waals surface area contributed by atoms with Gasteiger partial charge in [0.05, 0.1) is 7.11 Å². The summed E-state index contributed by atoms with van der Waals surface area (Å²) in [7, 11) is 1.63. The van der Waals surface area contributed by atoms with Crippen LogP contribution in [0, 0.1) is 6.92 Å². The minimum absolute atomic E-state index is 0.389. The molecular formula is C12H19N3OS. The molecule has 1 aliphatic rings. The summed E-state index contributed by atoms with van der Waals surface area (Å²) in [5.74, 6) is 1.29. The number of aromatic nitrogens is 2. The number of hydrogen-bond acceptors (Lipinski definition) is 5. The van der Waals surface area contributed by atoms with Gasteiger partial charge in [-0.15, -0.1) is 0 Å². The van der Waals surface area contributed by atoms with E-state index in [1.807, 2.05) is 24.8 Å². The van der Waals surface area contributed by atoms with Gasteiger partial charge >= 0.3 is 0 Å². The molecule has 0 bridgehead atoms. The van der Waals surface area contributed by atoms with Gasteiger partial charge in [-0.05, 0) is 26.0 Å². The van der Waals surface area contributed by atoms with Gasteiger partial charge in [-0.2, -0.15) is 16.7 Å². The van der Waals surface area contributed by atoms with Crippen LogP contribution < -0.4 is 10.1 Å². The summed E-state index contributed by atoms with van der Waals surface area (Å²) in [6, 6.07) is 1.83. The van der Waals surface area contributed by atoms with Crippen LogP contribution in [0.25, 0.3) is 0 Å². The van der Waals surface area contributed by atoms with Gasteiger partial charge in [0.15, 0.2) is 0 Å². The number of methoxy groups -OCH3 is 1. The van der Waals surface area contributed by atoms with Crippen LogP contribution in [-0.2, 0) is 0 Å². The Balaban J connectivity index is 2.01. The van der Waals surface area contributed by atoms with Crippen molar-refractivity contribution in [2.45, 2.75) is 30.9 Å². The summed E-state index contributed by atoms with van der Waals surface area (Å²) in [4.78, 5) is 8.66. The van der Waals surface area contributed by atoms with Gasteiger partial charge in [0, 0.05) is 23.1 Å². The van der Waals surface area contributed by atoms with Crippen molar-refractivity contribution >= 4 is 17.7 Å². The summed E-state index contributed by atoms with van der Waals surface area (Å²) >= 11 is 1.94. The van der Waals surface area contributed by atoms with Crippen LogP contribution >= 0.6 is 11.8 Å². The number of nitrogens with zero attached hydrogens (tertiary/aromatic N) is 2. The monoisotopic (exact) mass is 253 g/mol. The Morgan fingerprint density at radius 1 is 1.47 bits per heavy atom. The van der Waals surface area contributed by atoms with E-state index in [1.54, 1.807) is 7.11 Å². The Kier molecular flexibility index (Phi) is 3.76. The lowest BCUT2D eigenvalue weighted by Crippen LogP contribution is -2.40. The van der Waals surface area contributed by atoms with E-state index in [-0.39, 0.29) is 0 Å². The molecule has 94 valence electrons. The van der Waals surface area contributed by atoms with E-state index >= 15 is 0 Å². The topological polar surface area (TPSA) is 47.0 Å². The normalized spacial score (nSPS) is 17.4. The maximum atomic E-state index is 5.14. The van der Waals surface area contributed by atoms with Crippen molar-refractivity contribution in [1.82, 2.24) is 9.97 Å². The van der Waals surface area contributed by atoms with Gasteiger partial charge in [-0.1, -0.05) is 6.42 Å². The van der Waals surface area contributed by atoms with Crippen LogP contribution in [-0.4, -0.2) is 34.6 Å². The Morgan fingerprint density at radius 3 is 2.76 bits per heavy atom. The van der Waals surface area contributed by atoms with Gasteiger partial charge in [0.2, 0.25) is 11.8 Å². The minimum atomic E-state index is 0.389. The number of aryl methyl sites for hydroxylation is 1. The van der Waals surface area contributed by atoms with Crippen LogP contribution in [0.15, 0.2) is 6.07 Å². The van der Waals surface area contributed by atoms with Crippen LogP contribution in [0.5, 0.6) is 5.88 Å². The summed E-state index contributed by atoms with van der Waals surface area (Å²) in [5, 5.41) is 3.33. The van der Waals surface area contributed by atoms with Crippen molar-refractivity contribution in [2.75, 3.05) is 25.2 Å². The molecule has 1 fully saturated rings. The fourth-order valence-corrected chi connectivity index (χ4v) is 2.90. The Labute approximate surface area is 107 Å². The lowest BCUT2D eigenvalue weighted by Gasteiger charge is -2.40. The van der Waals surface area contributed by atoms with Crippen molar-refractivity contribution in [1.29, 1.82) is 0 Å². The molecule has 0 unspecified atom stereocenters. The van der Waals surface area contributed by atoms with Crippen molar-refractivity contribution in [3.05, 3.63) is 11.8 Å². The molecule has 0 saturated heterocycles. The second-order valence-electron chi connectivity index (χ2n) is 4.47. The van der Waals surface area contributed by atoms with E-state index in [0.29, 0.717) is 16.6 Å². The molecule has 1 N–H and O–H groups in total. The summed E-state index contributed by atoms with van der Waals surface area (Å²) in [5.41, 5.74) is 0.922. The molecule has 17 heavy (non-hydrogen) atoms. The molecule has 1 aromatic heterocycles. The molecule has 0 spiro atoms. The quantitative estimate of drug-likeness (QED) is 0.873. The van der Waals surface area contributed by atoms with Gasteiger partial charge in [0.25, 0.3) is 0 Å². The first-order chi connectivity index (χ1) is 8.17. The average molecular weight is 253 g/mol. The molecule has 4 nitrogen and oxygen atoms in total. The zero-order valence-electron chi connectivity index (χ0n) is 10.6. The Bertz CT molecular complexity index is 388. The first-order valence-corrected chi connectivity index (χ1v) is 7.09. The van der Waals surface area contributed by atoms with Gasteiger partial charge in [-0.25, -0.2) is 4.98 Å². The van der Waals surface area contributed by atoms with Crippen molar-refractivity contribution in [3.8, 4) is 5.88 Å². The number of thioether (sulfide) groups is 1. The molecule has 2 rings (SSSR count). The maximum absolute atomic E-state index is 5.14. The van der Waals surface area contributed by atoms with E-state index in [2.05, 4.69) is 21.5 Å². The second-order valence-corrected chi connectivity index (χ2v) is 5.74. The van der Waals surface area contributed by atoms with Crippen molar-refractivity contribution < 1.29 is 4.74 Å². The average Bonchev–Trinajstić information content (AvgIpc) is 2.27. The van der Waals surface area contributed by atoms with Crippen LogP contribution in [0.4, 0.5) is 5.95 Å². The van der Waals surface area contributed by atoms with Crippen LogP contribution in [0.2, 0.25) is 0 Å². The van der Waals surface area contributed by atoms with E-state index in [4.69, 9.17) is 4.74 Å². The Hall–Kier alpha value is -0.970. The SMILES string of the molecule is COc1cc(C)nc(NCC2(SC)CCC2)n1. The zero-order chi connectivity index (χ0) is 12.3. The molecule has 1 aliphatic carbocycles.